The van der Waals surface area contributed by atoms with Crippen LogP contribution in [-0.4, -0.2) is 13.2 Å². The van der Waals surface area contributed by atoms with E-state index in [0.717, 1.165) is 0 Å². The summed E-state index contributed by atoms with van der Waals surface area (Å²) in [7, 11) is 1.80. The number of hydrogen-bond donors (Lipinski definition) is 0. The number of methoxy groups -OCH3 is 1. The molecule has 0 rings (SSSR count). The standard InChI is InChI=1S/C5H11O.Rf/c1-4-5(2)6-3;/h5H,2,4H2,1,3H3;. The Kier molecular flexibility index (Phi) is 2.69. The van der Waals surface area contributed by atoms with Crippen molar-refractivity contribution in [3.63, 3.8) is 0 Å². The second-order valence-corrected chi connectivity index (χ2v) is 4.17. The summed E-state index contributed by atoms with van der Waals surface area (Å²) in [4.78, 5) is 0. The molecular weight excluding hydrogens is 343 g/mol. The van der Waals surface area contributed by atoms with E-state index in [-0.39, 0.29) is 0 Å². The van der Waals surface area contributed by atoms with Gasteiger partial charge in [-0.3, -0.25) is 0 Å². The molecule has 0 heterocycles. The third-order valence-corrected chi connectivity index (χ3v) is 4.02. The minimum atomic E-state index is 0.579. The van der Waals surface area contributed by atoms with Crippen LogP contribution in [0, 0.1) is 0 Å². The minimum absolute atomic E-state index is 0.579. The molecule has 0 aromatic rings. The summed E-state index contributed by atoms with van der Waals surface area (Å²) in [6.07, 6.45) is 1.76. The van der Waals surface area contributed by atoms with Gasteiger partial charge < -0.3 is 0 Å². The van der Waals surface area contributed by atoms with Gasteiger partial charge in [-0.2, -0.15) is 0 Å². The van der Waals surface area contributed by atoms with Crippen LogP contribution in [0.2, 0.25) is 6.92 Å². The molecule has 1 unspecified atom stereocenters. The predicted octanol–water partition coefficient (Wildman–Crippen LogP) is 1.38. The van der Waals surface area contributed by atoms with E-state index in [1.54, 1.807) is 7.11 Å². The first kappa shape index (κ1) is 5.96. The second kappa shape index (κ2) is 3.16. The van der Waals surface area contributed by atoms with Crippen LogP contribution >= 0.6 is 0 Å². The van der Waals surface area contributed by atoms with Crippen molar-refractivity contribution in [1.29, 1.82) is 0 Å². The van der Waals surface area contributed by atoms with Crippen LogP contribution in [-0.2, 0) is 4.74 Å². The average molecular weight is 354 g/mol. The molecule has 0 saturated heterocycles. The summed E-state index contributed by atoms with van der Waals surface area (Å²) < 4.78 is 5.93. The van der Waals surface area contributed by atoms with E-state index >= 15 is 0 Å². The van der Waals surface area contributed by atoms with E-state index in [0.29, 0.717) is 6.10 Å². The van der Waals surface area contributed by atoms with Gasteiger partial charge in [0.1, 0.15) is 0 Å². The summed E-state index contributed by atoms with van der Waals surface area (Å²) in [6.45, 7) is 3.51. The topological polar surface area (TPSA) is 9.23 Å². The quantitative estimate of drug-likeness (QED) is 0.744. The molecule has 2 heteroatoms. The van der Waals surface area contributed by atoms with Crippen molar-refractivity contribution < 1.29 is 4.74 Å². The van der Waals surface area contributed by atoms with Gasteiger partial charge in [0, 0.05) is 0 Å². The number of rotatable bonds is 3. The molecule has 0 aliphatic heterocycles. The third kappa shape index (κ3) is 1.77. The Morgan fingerprint density at radius 3 is 2.29 bits per heavy atom. The summed E-state index contributed by atoms with van der Waals surface area (Å²) in [6, 6.07) is 0. The summed E-state index contributed by atoms with van der Waals surface area (Å²) in [5.74, 6) is 0. The van der Waals surface area contributed by atoms with Crippen molar-refractivity contribution >= 4 is 0 Å². The van der Waals surface area contributed by atoms with Crippen LogP contribution in [0.25, 0.3) is 0 Å². The van der Waals surface area contributed by atoms with Crippen molar-refractivity contribution in [2.24, 2.45) is 0 Å². The maximum atomic E-state index is 5.10. The average Bonchev–Trinajstić information content (AvgIpc) is 1.72. The molecule has 1 atom stereocenters. The van der Waals surface area contributed by atoms with E-state index in [9.17, 15) is 0 Å². The third-order valence-electron chi connectivity index (χ3n) is 1.11. The van der Waals surface area contributed by atoms with E-state index < -0.39 is 0 Å². The molecular formula is C5H11ORf. The van der Waals surface area contributed by atoms with Gasteiger partial charge in [0.15, 0.2) is 0 Å². The molecule has 0 bridgehead atoms. The van der Waals surface area contributed by atoms with Gasteiger partial charge in [0.25, 0.3) is 0 Å². The maximum absolute atomic E-state index is 5.10. The fourth-order valence-electron chi connectivity index (χ4n) is 0.489. The van der Waals surface area contributed by atoms with Crippen LogP contribution in [0.1, 0.15) is 13.3 Å². The predicted molar refractivity (Wildman–Crippen MR) is 25.9 cm³/mol. The summed E-state index contributed by atoms with van der Waals surface area (Å²) in [5.41, 5.74) is 0. The van der Waals surface area contributed by atoms with Crippen LogP contribution in [0.15, 0.2) is 0 Å². The molecule has 0 saturated carbocycles. The molecule has 0 fully saturated rings. The zero-order chi connectivity index (χ0) is 5.70. The van der Waals surface area contributed by atoms with Gasteiger partial charge in [-0.25, -0.2) is 0 Å². The molecule has 7 heavy (non-hydrogen) atoms. The molecule has 0 radical (unpaired) electrons. The van der Waals surface area contributed by atoms with Gasteiger partial charge in [0.2, 0.25) is 0 Å². The van der Waals surface area contributed by atoms with E-state index in [1.807, 2.05) is 0 Å². The molecule has 0 amide bonds. The first-order chi connectivity index (χ1) is 3.35. The molecule has 0 aromatic heterocycles. The molecule has 1 nitrogen and oxygen atoms in total. The molecule has 0 spiro atoms. The molecule has 0 N–H and O–H groups in total. The Labute approximate surface area is 39.3 Å². The Balaban J connectivity index is 2.99. The Morgan fingerprint density at radius 2 is 2.29 bits per heavy atom. The fourth-order valence-corrected chi connectivity index (χ4v) is 3.40. The summed E-state index contributed by atoms with van der Waals surface area (Å²) in [5, 5.41) is 0. The van der Waals surface area contributed by atoms with Gasteiger partial charge in [0.05, 0.1) is 0 Å². The normalized spacial score (nSPS) is 14.3. The van der Waals surface area contributed by atoms with Gasteiger partial charge in [-0.1, -0.05) is 0 Å². The van der Waals surface area contributed by atoms with Crippen LogP contribution < -0.4 is 0 Å². The zero-order valence-corrected chi connectivity index (χ0v) is 11.5. The fraction of sp³-hybridized carbons (Fsp3) is 1.00. The first-order valence-corrected chi connectivity index (χ1v) is 7.19. The van der Waals surface area contributed by atoms with Gasteiger partial charge in [-0.15, -0.1) is 0 Å². The Hall–Kier alpha value is -1.04. The van der Waals surface area contributed by atoms with Gasteiger partial charge >= 0.3 is 38.2 Å². The summed E-state index contributed by atoms with van der Waals surface area (Å²) >= 11 is 0. The van der Waals surface area contributed by atoms with Crippen LogP contribution in [0.3, 0.4) is 0 Å². The number of ether oxygens (including phenoxy) is 1. The van der Waals surface area contributed by atoms with E-state index in [2.05, 4.69) is 6.92 Å². The monoisotopic (exact) mass is 354 g/mol. The molecule has 0 aliphatic rings. The van der Waals surface area contributed by atoms with E-state index in [1.165, 1.54) is 13.3 Å². The van der Waals surface area contributed by atoms with Crippen molar-refractivity contribution in [2.75, 3.05) is 7.11 Å². The van der Waals surface area contributed by atoms with Crippen LogP contribution in [0.5, 0.6) is 0 Å². The van der Waals surface area contributed by atoms with Crippen molar-refractivity contribution in [3.05, 3.63) is 0 Å². The number of hydrogen-bond acceptors (Lipinski definition) is 1. The SMILES string of the molecule is CCC([CH2][Rf])OC. The van der Waals surface area contributed by atoms with Crippen molar-refractivity contribution in [3.8, 4) is 0 Å². The van der Waals surface area contributed by atoms with Crippen molar-refractivity contribution in [2.45, 2.75) is 26.4 Å². The van der Waals surface area contributed by atoms with E-state index in [4.69, 9.17) is 4.74 Å². The van der Waals surface area contributed by atoms with Crippen molar-refractivity contribution in [1.82, 2.24) is 0 Å². The molecule has 0 aromatic carbocycles. The van der Waals surface area contributed by atoms with Gasteiger partial charge in [-0.05, 0) is 0 Å². The second-order valence-electron chi connectivity index (χ2n) is 1.55. The first-order valence-electron chi connectivity index (χ1n) is 2.67. The molecule has 0 aliphatic carbocycles. The van der Waals surface area contributed by atoms with Crippen LogP contribution in [0.4, 0.5) is 0 Å². The molecule has 39 valence electrons. The zero-order valence-electron chi connectivity index (χ0n) is 5.11. The Morgan fingerprint density at radius 1 is 1.71 bits per heavy atom. The Bertz CT molecular complexity index is 29.6.